The molecule has 24 heavy (non-hydrogen) atoms. The van der Waals surface area contributed by atoms with Crippen LogP contribution in [0.5, 0.6) is 0 Å². The number of carboxylic acids is 1. The van der Waals surface area contributed by atoms with Gasteiger partial charge in [0.05, 0.1) is 13.1 Å². The molecule has 0 saturated carbocycles. The fourth-order valence-electron chi connectivity index (χ4n) is 3.11. The summed E-state index contributed by atoms with van der Waals surface area (Å²) in [7, 11) is 0. The van der Waals surface area contributed by atoms with Gasteiger partial charge in [0.15, 0.2) is 0 Å². The molecule has 1 heterocycles. The third-order valence-corrected chi connectivity index (χ3v) is 4.69. The number of rotatable bonds is 7. The van der Waals surface area contributed by atoms with Crippen molar-refractivity contribution in [2.45, 2.75) is 37.6 Å². The molecule has 1 aromatic carbocycles. The van der Waals surface area contributed by atoms with Crippen molar-refractivity contribution in [2.24, 2.45) is 0 Å². The van der Waals surface area contributed by atoms with E-state index in [9.17, 15) is 9.18 Å². The first-order chi connectivity index (χ1) is 11.0. The average Bonchev–Trinajstić information content (AvgIpc) is 2.54. The minimum Gasteiger partial charge on any atom is -0.481 e. The van der Waals surface area contributed by atoms with Crippen LogP contribution in [-0.4, -0.2) is 37.5 Å². The van der Waals surface area contributed by atoms with E-state index in [2.05, 4.69) is 5.32 Å². The zero-order valence-corrected chi connectivity index (χ0v) is 15.3. The fourth-order valence-corrected chi connectivity index (χ4v) is 3.35. The highest BCUT2D eigenvalue weighted by Gasteiger charge is 2.35. The molecule has 1 unspecified atom stereocenters. The van der Waals surface area contributed by atoms with Crippen LogP contribution >= 0.6 is 24.0 Å². The first-order valence-electron chi connectivity index (χ1n) is 7.90. The van der Waals surface area contributed by atoms with Crippen molar-refractivity contribution in [1.29, 1.82) is 0 Å². The number of hydrogen-bond acceptors (Lipinski definition) is 3. The zero-order chi connectivity index (χ0) is 16.9. The van der Waals surface area contributed by atoms with Crippen molar-refractivity contribution in [3.63, 3.8) is 0 Å². The third-order valence-electron chi connectivity index (χ3n) is 4.47. The Morgan fingerprint density at radius 1 is 1.42 bits per heavy atom. The van der Waals surface area contributed by atoms with Crippen LogP contribution in [0.25, 0.3) is 0 Å². The summed E-state index contributed by atoms with van der Waals surface area (Å²) in [5, 5.41) is 12.8. The lowest BCUT2D eigenvalue weighted by Gasteiger charge is -2.36. The van der Waals surface area contributed by atoms with Gasteiger partial charge in [0.1, 0.15) is 0 Å². The van der Waals surface area contributed by atoms with Gasteiger partial charge in [-0.25, -0.2) is 0 Å². The van der Waals surface area contributed by atoms with Gasteiger partial charge in [0.2, 0.25) is 0 Å². The van der Waals surface area contributed by atoms with E-state index in [1.165, 1.54) is 0 Å². The van der Waals surface area contributed by atoms with Crippen LogP contribution in [0.15, 0.2) is 18.2 Å². The summed E-state index contributed by atoms with van der Waals surface area (Å²) in [5.74, 6) is -0.885. The normalized spacial score (nSPS) is 17.8. The van der Waals surface area contributed by atoms with Crippen LogP contribution in [0.1, 0.15) is 43.4 Å². The maximum absolute atomic E-state index is 13.8. The number of carbonyl (C=O) groups is 1. The highest BCUT2D eigenvalue weighted by atomic mass is 35.5. The van der Waals surface area contributed by atoms with Gasteiger partial charge >= 0.3 is 5.97 Å². The van der Waals surface area contributed by atoms with Crippen molar-refractivity contribution in [3.05, 3.63) is 34.3 Å². The molecule has 0 bridgehead atoms. The number of hydrogen-bond donors (Lipinski definition) is 2. The van der Waals surface area contributed by atoms with Crippen LogP contribution in [-0.2, 0) is 14.9 Å². The molecule has 1 fully saturated rings. The number of benzene rings is 1. The molecule has 0 amide bonds. The molecule has 1 aliphatic heterocycles. The summed E-state index contributed by atoms with van der Waals surface area (Å²) in [5.41, 5.74) is 1.04. The second kappa shape index (κ2) is 9.56. The average molecular weight is 380 g/mol. The second-order valence-corrected chi connectivity index (χ2v) is 6.44. The maximum Gasteiger partial charge on any atom is 0.305 e. The standard InChI is InChI=1S/C17H23ClFNO3.ClH/c1-2-20-15(10-16(21)22)12-7-13(9-14(18)8-12)17(11-19)3-5-23-6-4-17;/h7-9,15,20H,2-6,10-11H2,1H3,(H,21,22);1H. The lowest BCUT2D eigenvalue weighted by molar-refractivity contribution is -0.137. The molecule has 4 nitrogen and oxygen atoms in total. The van der Waals surface area contributed by atoms with Gasteiger partial charge in [-0.1, -0.05) is 24.6 Å². The van der Waals surface area contributed by atoms with E-state index in [1.54, 1.807) is 12.1 Å². The van der Waals surface area contributed by atoms with E-state index < -0.39 is 18.1 Å². The maximum atomic E-state index is 13.8. The SMILES string of the molecule is CCNC(CC(=O)O)c1cc(Cl)cc(C2(CF)CCOCC2)c1.Cl. The minimum atomic E-state index is -0.885. The van der Waals surface area contributed by atoms with E-state index in [1.807, 2.05) is 13.0 Å². The van der Waals surface area contributed by atoms with Gasteiger partial charge in [-0.15, -0.1) is 12.4 Å². The summed E-state index contributed by atoms with van der Waals surface area (Å²) < 4.78 is 19.2. The molecule has 1 saturated heterocycles. The zero-order valence-electron chi connectivity index (χ0n) is 13.7. The van der Waals surface area contributed by atoms with Crippen LogP contribution in [0.4, 0.5) is 4.39 Å². The number of carboxylic acid groups (broad SMARTS) is 1. The molecule has 1 aromatic rings. The highest BCUT2D eigenvalue weighted by Crippen LogP contribution is 2.38. The molecular formula is C17H24Cl2FNO3. The van der Waals surface area contributed by atoms with Crippen molar-refractivity contribution < 1.29 is 19.0 Å². The van der Waals surface area contributed by atoms with Gasteiger partial charge in [0, 0.05) is 29.7 Å². The summed E-state index contributed by atoms with van der Waals surface area (Å²) in [6.07, 6.45) is 1.17. The molecule has 1 aliphatic rings. The van der Waals surface area contributed by atoms with Crippen LogP contribution in [0.3, 0.4) is 0 Å². The molecule has 0 aromatic heterocycles. The predicted molar refractivity (Wildman–Crippen MR) is 95.1 cm³/mol. The van der Waals surface area contributed by atoms with E-state index in [0.717, 1.165) is 11.1 Å². The molecule has 2 rings (SSSR count). The van der Waals surface area contributed by atoms with Crippen LogP contribution < -0.4 is 5.32 Å². The Balaban J connectivity index is 0.00000288. The van der Waals surface area contributed by atoms with Gasteiger partial charge in [0.25, 0.3) is 0 Å². The number of nitrogens with one attached hydrogen (secondary N) is 1. The van der Waals surface area contributed by atoms with E-state index >= 15 is 0 Å². The quantitative estimate of drug-likeness (QED) is 0.753. The molecule has 0 radical (unpaired) electrons. The number of ether oxygens (including phenoxy) is 1. The molecule has 0 spiro atoms. The topological polar surface area (TPSA) is 58.6 Å². The molecule has 7 heteroatoms. The Morgan fingerprint density at radius 3 is 2.62 bits per heavy atom. The van der Waals surface area contributed by atoms with Gasteiger partial charge in [-0.05, 0) is 42.6 Å². The largest absolute Gasteiger partial charge is 0.481 e. The molecular weight excluding hydrogens is 356 g/mol. The Bertz CT molecular complexity index is 551. The van der Waals surface area contributed by atoms with Crippen molar-refractivity contribution >= 4 is 30.0 Å². The van der Waals surface area contributed by atoms with Crippen LogP contribution in [0.2, 0.25) is 5.02 Å². The first kappa shape index (κ1) is 21.2. The lowest BCUT2D eigenvalue weighted by Crippen LogP contribution is -2.36. The Morgan fingerprint density at radius 2 is 2.08 bits per heavy atom. The first-order valence-corrected chi connectivity index (χ1v) is 8.28. The van der Waals surface area contributed by atoms with Gasteiger partial charge in [-0.2, -0.15) is 0 Å². The number of alkyl halides is 1. The monoisotopic (exact) mass is 379 g/mol. The summed E-state index contributed by atoms with van der Waals surface area (Å²) >= 11 is 6.24. The molecule has 136 valence electrons. The van der Waals surface area contributed by atoms with Crippen molar-refractivity contribution in [3.8, 4) is 0 Å². The molecule has 2 N–H and O–H groups in total. The second-order valence-electron chi connectivity index (χ2n) is 6.01. The summed E-state index contributed by atoms with van der Waals surface area (Å²) in [4.78, 5) is 11.1. The van der Waals surface area contributed by atoms with E-state index in [-0.39, 0.29) is 24.9 Å². The lowest BCUT2D eigenvalue weighted by atomic mass is 9.74. The Hall–Kier alpha value is -0.880. The highest BCUT2D eigenvalue weighted by molar-refractivity contribution is 6.30. The van der Waals surface area contributed by atoms with E-state index in [4.69, 9.17) is 21.4 Å². The van der Waals surface area contributed by atoms with Crippen LogP contribution in [0, 0.1) is 0 Å². The fraction of sp³-hybridized carbons (Fsp3) is 0.588. The number of halogens is 3. The Kier molecular flexibility index (Phi) is 8.43. The minimum absolute atomic E-state index is 0. The van der Waals surface area contributed by atoms with Gasteiger partial charge in [-0.3, -0.25) is 9.18 Å². The number of aliphatic carboxylic acids is 1. The third kappa shape index (κ3) is 5.06. The summed E-state index contributed by atoms with van der Waals surface area (Å²) in [6.45, 7) is 3.14. The molecule has 1 atom stereocenters. The smallest absolute Gasteiger partial charge is 0.305 e. The summed E-state index contributed by atoms with van der Waals surface area (Å²) in [6, 6.07) is 5.10. The van der Waals surface area contributed by atoms with Crippen molar-refractivity contribution in [2.75, 3.05) is 26.4 Å². The van der Waals surface area contributed by atoms with E-state index in [0.29, 0.717) is 37.6 Å². The molecule has 0 aliphatic carbocycles. The Labute approximate surface area is 153 Å². The predicted octanol–water partition coefficient (Wildman–Crippen LogP) is 3.90. The van der Waals surface area contributed by atoms with Gasteiger partial charge < -0.3 is 15.2 Å². The van der Waals surface area contributed by atoms with Crippen molar-refractivity contribution in [1.82, 2.24) is 5.32 Å².